The number of thioether (sulfide) groups is 1. The molecule has 138 valence electrons. The van der Waals surface area contributed by atoms with Crippen molar-refractivity contribution < 1.29 is 4.42 Å². The Kier molecular flexibility index (Phi) is 4.21. The van der Waals surface area contributed by atoms with Gasteiger partial charge in [-0.2, -0.15) is 0 Å². The standard InChI is InChI=1S/C21H17N5OS/c1-14-8-10-15(11-9-14)26-20(18-7-4-12-27-18)24-25-21(26)28-13-19-22-16-5-2-3-6-17(16)23-19/h2-12H,13H2,1H3,(H,22,23). The van der Waals surface area contributed by atoms with Crippen LogP contribution in [0, 0.1) is 6.92 Å². The lowest BCUT2D eigenvalue weighted by atomic mass is 10.2. The molecule has 3 aromatic heterocycles. The van der Waals surface area contributed by atoms with E-state index in [1.54, 1.807) is 18.0 Å². The van der Waals surface area contributed by atoms with Gasteiger partial charge in [0, 0.05) is 5.69 Å². The van der Waals surface area contributed by atoms with Crippen molar-refractivity contribution in [3.05, 3.63) is 78.3 Å². The highest BCUT2D eigenvalue weighted by molar-refractivity contribution is 7.98. The Hall–Kier alpha value is -3.32. The molecular formula is C21H17N5OS. The van der Waals surface area contributed by atoms with E-state index in [9.17, 15) is 0 Å². The Morgan fingerprint density at radius 2 is 1.86 bits per heavy atom. The Balaban J connectivity index is 1.50. The van der Waals surface area contributed by atoms with Crippen molar-refractivity contribution in [2.24, 2.45) is 0 Å². The molecule has 28 heavy (non-hydrogen) atoms. The third kappa shape index (κ3) is 3.10. The first-order valence-electron chi connectivity index (χ1n) is 8.91. The Morgan fingerprint density at radius 3 is 2.64 bits per heavy atom. The van der Waals surface area contributed by atoms with Crippen molar-refractivity contribution in [1.82, 2.24) is 24.7 Å². The normalized spacial score (nSPS) is 11.3. The first kappa shape index (κ1) is 16.8. The first-order valence-corrected chi connectivity index (χ1v) is 9.89. The number of furan rings is 1. The Labute approximate surface area is 165 Å². The molecule has 2 aromatic carbocycles. The summed E-state index contributed by atoms with van der Waals surface area (Å²) >= 11 is 1.59. The fourth-order valence-electron chi connectivity index (χ4n) is 3.06. The number of aromatic nitrogens is 5. The second kappa shape index (κ2) is 7.01. The largest absolute Gasteiger partial charge is 0.461 e. The van der Waals surface area contributed by atoms with E-state index < -0.39 is 0 Å². The van der Waals surface area contributed by atoms with Crippen LogP contribution in [0.3, 0.4) is 0 Å². The zero-order valence-corrected chi connectivity index (χ0v) is 16.0. The first-order chi connectivity index (χ1) is 13.8. The number of nitrogens with zero attached hydrogens (tertiary/aromatic N) is 4. The van der Waals surface area contributed by atoms with Crippen LogP contribution in [0.4, 0.5) is 0 Å². The van der Waals surface area contributed by atoms with Gasteiger partial charge < -0.3 is 9.40 Å². The molecule has 0 fully saturated rings. The molecule has 0 radical (unpaired) electrons. The van der Waals surface area contributed by atoms with Gasteiger partial charge in [-0.25, -0.2) is 4.98 Å². The minimum Gasteiger partial charge on any atom is -0.461 e. The second-order valence-corrected chi connectivity index (χ2v) is 7.39. The van der Waals surface area contributed by atoms with E-state index in [-0.39, 0.29) is 0 Å². The number of para-hydroxylation sites is 2. The topological polar surface area (TPSA) is 72.5 Å². The summed E-state index contributed by atoms with van der Waals surface area (Å²) in [4.78, 5) is 8.01. The summed E-state index contributed by atoms with van der Waals surface area (Å²) in [5, 5.41) is 9.58. The van der Waals surface area contributed by atoms with Gasteiger partial charge in [0.05, 0.1) is 23.0 Å². The molecule has 0 saturated heterocycles. The van der Waals surface area contributed by atoms with Gasteiger partial charge in [0.15, 0.2) is 10.9 Å². The summed E-state index contributed by atoms with van der Waals surface area (Å²) in [7, 11) is 0. The van der Waals surface area contributed by atoms with E-state index in [0.717, 1.165) is 27.7 Å². The van der Waals surface area contributed by atoms with Crippen molar-refractivity contribution in [3.63, 3.8) is 0 Å². The molecule has 0 aliphatic heterocycles. The van der Waals surface area contributed by atoms with Gasteiger partial charge in [-0.05, 0) is 43.3 Å². The number of rotatable bonds is 5. The van der Waals surface area contributed by atoms with Crippen LogP contribution >= 0.6 is 11.8 Å². The third-order valence-electron chi connectivity index (χ3n) is 4.44. The fourth-order valence-corrected chi connectivity index (χ4v) is 3.88. The van der Waals surface area contributed by atoms with Crippen LogP contribution in [0.2, 0.25) is 0 Å². The molecule has 0 aliphatic carbocycles. The molecule has 3 heterocycles. The van der Waals surface area contributed by atoms with Gasteiger partial charge >= 0.3 is 0 Å². The number of fused-ring (bicyclic) bond motifs is 1. The number of nitrogens with one attached hydrogen (secondary N) is 1. The van der Waals surface area contributed by atoms with Crippen LogP contribution in [-0.4, -0.2) is 24.7 Å². The van der Waals surface area contributed by atoms with Crippen molar-refractivity contribution in [1.29, 1.82) is 0 Å². The van der Waals surface area contributed by atoms with Crippen molar-refractivity contribution in [3.8, 4) is 17.3 Å². The highest BCUT2D eigenvalue weighted by atomic mass is 32.2. The number of aromatic amines is 1. The Bertz CT molecular complexity index is 1190. The molecule has 7 heteroatoms. The number of hydrogen-bond donors (Lipinski definition) is 1. The minimum absolute atomic E-state index is 0.664. The predicted octanol–water partition coefficient (Wildman–Crippen LogP) is 5.00. The summed E-state index contributed by atoms with van der Waals surface area (Å²) in [6.07, 6.45) is 1.64. The quantitative estimate of drug-likeness (QED) is 0.430. The Morgan fingerprint density at radius 1 is 1.00 bits per heavy atom. The molecule has 5 rings (SSSR count). The third-order valence-corrected chi connectivity index (χ3v) is 5.38. The molecule has 0 aliphatic rings. The molecule has 0 unspecified atom stereocenters. The highest BCUT2D eigenvalue weighted by Gasteiger charge is 2.18. The minimum atomic E-state index is 0.664. The molecule has 5 aromatic rings. The lowest BCUT2D eigenvalue weighted by Gasteiger charge is -2.09. The van der Waals surface area contributed by atoms with Crippen molar-refractivity contribution >= 4 is 22.8 Å². The van der Waals surface area contributed by atoms with Gasteiger partial charge in [0.1, 0.15) is 5.82 Å². The molecular weight excluding hydrogens is 370 g/mol. The van der Waals surface area contributed by atoms with Crippen molar-refractivity contribution in [2.75, 3.05) is 0 Å². The van der Waals surface area contributed by atoms with Gasteiger partial charge in [0.25, 0.3) is 0 Å². The van der Waals surface area contributed by atoms with Crippen LogP contribution in [0.15, 0.2) is 76.5 Å². The van der Waals surface area contributed by atoms with E-state index in [1.807, 2.05) is 41.0 Å². The molecule has 1 N–H and O–H groups in total. The number of imidazole rings is 1. The SMILES string of the molecule is Cc1ccc(-n2c(SCc3nc4ccccc4[nH]3)nnc2-c2ccco2)cc1. The molecule has 0 amide bonds. The van der Waals surface area contributed by atoms with E-state index >= 15 is 0 Å². The maximum atomic E-state index is 5.57. The average Bonchev–Trinajstić information content (AvgIpc) is 3.45. The fraction of sp³-hybridized carbons (Fsp3) is 0.0952. The van der Waals surface area contributed by atoms with E-state index in [1.165, 1.54) is 5.56 Å². The van der Waals surface area contributed by atoms with Crippen molar-refractivity contribution in [2.45, 2.75) is 17.8 Å². The van der Waals surface area contributed by atoms with Crippen LogP contribution in [-0.2, 0) is 5.75 Å². The second-order valence-electron chi connectivity index (χ2n) is 6.44. The van der Waals surface area contributed by atoms with Crippen LogP contribution in [0.1, 0.15) is 11.4 Å². The average molecular weight is 387 g/mol. The van der Waals surface area contributed by atoms with Crippen LogP contribution in [0.25, 0.3) is 28.3 Å². The maximum absolute atomic E-state index is 5.57. The van der Waals surface area contributed by atoms with E-state index in [0.29, 0.717) is 17.3 Å². The van der Waals surface area contributed by atoms with Crippen LogP contribution < -0.4 is 0 Å². The van der Waals surface area contributed by atoms with Gasteiger partial charge in [-0.1, -0.05) is 41.6 Å². The summed E-state index contributed by atoms with van der Waals surface area (Å²) in [6, 6.07) is 20.1. The summed E-state index contributed by atoms with van der Waals surface area (Å²) in [6.45, 7) is 2.07. The number of aryl methyl sites for hydroxylation is 1. The lowest BCUT2D eigenvalue weighted by Crippen LogP contribution is -1.99. The summed E-state index contributed by atoms with van der Waals surface area (Å²) in [5.74, 6) is 2.94. The monoisotopic (exact) mass is 387 g/mol. The molecule has 0 atom stereocenters. The zero-order valence-electron chi connectivity index (χ0n) is 15.2. The van der Waals surface area contributed by atoms with Crippen LogP contribution in [0.5, 0.6) is 0 Å². The number of benzene rings is 2. The zero-order chi connectivity index (χ0) is 18.9. The molecule has 0 saturated carbocycles. The lowest BCUT2D eigenvalue weighted by molar-refractivity contribution is 0.575. The number of hydrogen-bond acceptors (Lipinski definition) is 5. The van der Waals surface area contributed by atoms with Gasteiger partial charge in [0.2, 0.25) is 5.82 Å². The summed E-state index contributed by atoms with van der Waals surface area (Å²) in [5.41, 5.74) is 4.20. The molecule has 6 nitrogen and oxygen atoms in total. The van der Waals surface area contributed by atoms with Gasteiger partial charge in [-0.3, -0.25) is 4.57 Å². The summed E-state index contributed by atoms with van der Waals surface area (Å²) < 4.78 is 7.59. The van der Waals surface area contributed by atoms with Gasteiger partial charge in [-0.15, -0.1) is 10.2 Å². The maximum Gasteiger partial charge on any atom is 0.205 e. The molecule has 0 spiro atoms. The molecule has 0 bridgehead atoms. The highest BCUT2D eigenvalue weighted by Crippen LogP contribution is 2.30. The predicted molar refractivity (Wildman–Crippen MR) is 109 cm³/mol. The van der Waals surface area contributed by atoms with E-state index in [4.69, 9.17) is 4.42 Å². The number of H-pyrrole nitrogens is 1. The van der Waals surface area contributed by atoms with E-state index in [2.05, 4.69) is 51.4 Å². The smallest absolute Gasteiger partial charge is 0.205 e.